The predicted molar refractivity (Wildman–Crippen MR) is 147 cm³/mol. The minimum atomic E-state index is -1.04. The standard InChI is InChI=1S/C14H18N4O3S.C6H4Cl2.C5H8O3/c1-20-14(19)10-8-16-12(13-15-2-7-22-13)17-11(10)9-18-3-5-21-6-4-18;7-5-2-1-3-6(8)4-5;1-2-4(6)3-5(7)8/h2,7H,3-6,8-9H2,1H3,(H,16,17);1-4H;2-3H2,1H3,(H,7,8). The zero-order chi connectivity index (χ0) is 27.9. The number of ether oxygens (including phenoxy) is 2. The number of thiazole rings is 1. The summed E-state index contributed by atoms with van der Waals surface area (Å²) >= 11 is 12.6. The number of aliphatic carboxylic acids is 1. The van der Waals surface area contributed by atoms with Crippen molar-refractivity contribution in [2.45, 2.75) is 19.8 Å². The maximum absolute atomic E-state index is 12.0. The number of nitrogens with one attached hydrogen (secondary N) is 1. The van der Waals surface area contributed by atoms with Gasteiger partial charge in [0.1, 0.15) is 12.2 Å². The van der Waals surface area contributed by atoms with Crippen molar-refractivity contribution in [1.29, 1.82) is 0 Å². The maximum Gasteiger partial charge on any atom is 0.337 e. The van der Waals surface area contributed by atoms with Crippen molar-refractivity contribution in [1.82, 2.24) is 15.2 Å². The number of ketones is 1. The summed E-state index contributed by atoms with van der Waals surface area (Å²) in [6.07, 6.45) is 1.72. The van der Waals surface area contributed by atoms with Crippen molar-refractivity contribution in [2.24, 2.45) is 4.99 Å². The molecule has 2 aromatic rings. The first-order valence-electron chi connectivity index (χ1n) is 11.7. The van der Waals surface area contributed by atoms with E-state index in [1.807, 2.05) is 11.4 Å². The van der Waals surface area contributed by atoms with Crippen LogP contribution in [0, 0.1) is 0 Å². The van der Waals surface area contributed by atoms with Gasteiger partial charge in [-0.15, -0.1) is 11.3 Å². The van der Waals surface area contributed by atoms with Crippen LogP contribution in [0.3, 0.4) is 0 Å². The minimum absolute atomic E-state index is 0.225. The third-order valence-corrected chi connectivity index (χ3v) is 6.36. The fraction of sp³-hybridized carbons (Fsp3) is 0.400. The lowest BCUT2D eigenvalue weighted by atomic mass is 10.1. The van der Waals surface area contributed by atoms with Gasteiger partial charge in [0.2, 0.25) is 0 Å². The molecule has 0 atom stereocenters. The first-order valence-corrected chi connectivity index (χ1v) is 13.3. The number of morpholine rings is 1. The Morgan fingerprint density at radius 2 is 1.89 bits per heavy atom. The summed E-state index contributed by atoms with van der Waals surface area (Å²) in [6.45, 7) is 5.74. The number of carbonyl (C=O) groups excluding carboxylic acids is 2. The second-order valence-electron chi connectivity index (χ2n) is 7.87. The summed E-state index contributed by atoms with van der Waals surface area (Å²) in [5, 5.41) is 15.3. The lowest BCUT2D eigenvalue weighted by Gasteiger charge is -2.29. The van der Waals surface area contributed by atoms with E-state index in [4.69, 9.17) is 37.8 Å². The van der Waals surface area contributed by atoms with Gasteiger partial charge in [0.25, 0.3) is 0 Å². The van der Waals surface area contributed by atoms with E-state index >= 15 is 0 Å². The van der Waals surface area contributed by atoms with Gasteiger partial charge < -0.3 is 19.9 Å². The van der Waals surface area contributed by atoms with Gasteiger partial charge >= 0.3 is 11.9 Å². The maximum atomic E-state index is 12.0. The van der Waals surface area contributed by atoms with Crippen molar-refractivity contribution in [2.75, 3.05) is 46.5 Å². The van der Waals surface area contributed by atoms with Crippen molar-refractivity contribution < 1.29 is 29.0 Å². The highest BCUT2D eigenvalue weighted by atomic mass is 35.5. The number of amidine groups is 1. The minimum Gasteiger partial charge on any atom is -0.481 e. The van der Waals surface area contributed by atoms with Crippen LogP contribution in [0.5, 0.6) is 0 Å². The Balaban J connectivity index is 0.000000260. The number of halogens is 2. The van der Waals surface area contributed by atoms with E-state index in [9.17, 15) is 14.4 Å². The number of rotatable bonds is 7. The highest BCUT2D eigenvalue weighted by Crippen LogP contribution is 2.16. The number of aromatic nitrogens is 1. The molecular formula is C25H30Cl2N4O6S. The number of aliphatic imine (C=N–C) groups is 1. The summed E-state index contributed by atoms with van der Waals surface area (Å²) < 4.78 is 10.2. The molecule has 0 amide bonds. The molecule has 0 bridgehead atoms. The molecule has 2 aliphatic heterocycles. The van der Waals surface area contributed by atoms with Crippen LogP contribution >= 0.6 is 34.5 Å². The number of nitrogens with zero attached hydrogens (tertiary/aromatic N) is 3. The van der Waals surface area contributed by atoms with E-state index in [1.54, 1.807) is 31.3 Å². The molecule has 1 aromatic carbocycles. The summed E-state index contributed by atoms with van der Waals surface area (Å²) in [5.74, 6) is -0.891. The number of carbonyl (C=O) groups is 3. The predicted octanol–water partition coefficient (Wildman–Crippen LogP) is 3.69. The lowest BCUT2D eigenvalue weighted by Crippen LogP contribution is -2.42. The zero-order valence-corrected chi connectivity index (χ0v) is 23.4. The van der Waals surface area contributed by atoms with Crippen molar-refractivity contribution in [3.05, 3.63) is 62.2 Å². The number of carboxylic acid groups (broad SMARTS) is 1. The van der Waals surface area contributed by atoms with Gasteiger partial charge in [0.05, 0.1) is 32.4 Å². The zero-order valence-electron chi connectivity index (χ0n) is 21.1. The molecule has 10 nitrogen and oxygen atoms in total. The second-order valence-corrected chi connectivity index (χ2v) is 9.63. The third-order valence-electron chi connectivity index (χ3n) is 5.11. The van der Waals surface area contributed by atoms with Crippen LogP contribution in [0.4, 0.5) is 0 Å². The topological polar surface area (TPSA) is 130 Å². The Morgan fingerprint density at radius 3 is 2.37 bits per heavy atom. The smallest absolute Gasteiger partial charge is 0.337 e. The summed E-state index contributed by atoms with van der Waals surface area (Å²) in [6, 6.07) is 7.08. The Kier molecular flexibility index (Phi) is 14.0. The van der Waals surface area contributed by atoms with Gasteiger partial charge in [-0.05, 0) is 18.2 Å². The van der Waals surface area contributed by atoms with Gasteiger partial charge in [0.15, 0.2) is 10.8 Å². The monoisotopic (exact) mass is 584 g/mol. The van der Waals surface area contributed by atoms with Gasteiger partial charge in [-0.1, -0.05) is 36.2 Å². The highest BCUT2D eigenvalue weighted by Gasteiger charge is 2.25. The molecule has 0 unspecified atom stereocenters. The number of hydrogen-bond donors (Lipinski definition) is 2. The van der Waals surface area contributed by atoms with Crippen molar-refractivity contribution in [3.8, 4) is 0 Å². The van der Waals surface area contributed by atoms with Crippen LogP contribution in [-0.4, -0.2) is 85.1 Å². The molecule has 0 radical (unpaired) electrons. The number of methoxy groups -OCH3 is 1. The summed E-state index contributed by atoms with van der Waals surface area (Å²) in [4.78, 5) is 42.9. The Bertz CT molecular complexity index is 1120. The Hall–Kier alpha value is -2.83. The molecule has 2 aliphatic rings. The lowest BCUT2D eigenvalue weighted by molar-refractivity contribution is -0.140. The van der Waals surface area contributed by atoms with Crippen LogP contribution in [0.15, 0.2) is 52.1 Å². The van der Waals surface area contributed by atoms with Gasteiger partial charge in [-0.25, -0.2) is 9.78 Å². The molecule has 38 heavy (non-hydrogen) atoms. The first-order chi connectivity index (χ1) is 18.2. The van der Waals surface area contributed by atoms with Crippen LogP contribution in [0.1, 0.15) is 24.8 Å². The third kappa shape index (κ3) is 11.3. The molecule has 1 fully saturated rings. The summed E-state index contributed by atoms with van der Waals surface area (Å²) in [5.41, 5.74) is 1.42. The van der Waals surface area contributed by atoms with Gasteiger partial charge in [-0.3, -0.25) is 19.5 Å². The number of esters is 1. The molecule has 4 rings (SSSR count). The van der Waals surface area contributed by atoms with Crippen LogP contribution in [0.2, 0.25) is 10.0 Å². The van der Waals surface area contributed by atoms with E-state index in [2.05, 4.69) is 20.2 Å². The van der Waals surface area contributed by atoms with E-state index in [0.29, 0.717) is 54.2 Å². The SMILES string of the molecule is CCC(=O)CC(=O)O.COC(=O)C1=C(CN2CCOCC2)NC(c2nccs2)=NC1.Clc1cccc(Cl)c1. The molecule has 0 spiro atoms. The van der Waals surface area contributed by atoms with Crippen LogP contribution < -0.4 is 5.32 Å². The molecule has 206 valence electrons. The molecule has 1 saturated heterocycles. The van der Waals surface area contributed by atoms with Gasteiger partial charge in [-0.2, -0.15) is 0 Å². The number of hydrogen-bond acceptors (Lipinski definition) is 10. The normalized spacial score (nSPS) is 15.1. The highest BCUT2D eigenvalue weighted by molar-refractivity contribution is 7.11. The molecule has 13 heteroatoms. The first kappa shape index (κ1) is 31.4. The second kappa shape index (κ2) is 16.9. The summed E-state index contributed by atoms with van der Waals surface area (Å²) in [7, 11) is 1.39. The van der Waals surface area contributed by atoms with E-state index in [0.717, 1.165) is 23.8 Å². The fourth-order valence-corrected chi connectivity index (χ4v) is 4.19. The molecule has 1 aromatic heterocycles. The number of benzene rings is 1. The van der Waals surface area contributed by atoms with E-state index in [-0.39, 0.29) is 18.2 Å². The van der Waals surface area contributed by atoms with E-state index < -0.39 is 5.97 Å². The molecule has 2 N–H and O–H groups in total. The molecule has 3 heterocycles. The van der Waals surface area contributed by atoms with Gasteiger partial charge in [0, 0.05) is 53.4 Å². The molecular weight excluding hydrogens is 555 g/mol. The Morgan fingerprint density at radius 1 is 1.21 bits per heavy atom. The molecule has 0 aliphatic carbocycles. The Labute approximate surface area is 235 Å². The van der Waals surface area contributed by atoms with Crippen LogP contribution in [-0.2, 0) is 23.9 Å². The fourth-order valence-electron chi connectivity index (χ4n) is 3.16. The van der Waals surface area contributed by atoms with Crippen molar-refractivity contribution >= 4 is 58.1 Å². The average molecular weight is 586 g/mol. The van der Waals surface area contributed by atoms with E-state index in [1.165, 1.54) is 18.4 Å². The number of carboxylic acids is 1. The average Bonchev–Trinajstić information content (AvgIpc) is 3.44. The van der Waals surface area contributed by atoms with Crippen LogP contribution in [0.25, 0.3) is 0 Å². The number of Topliss-reactive ketones (excluding diaryl/α,β-unsaturated/α-hetero) is 1. The van der Waals surface area contributed by atoms with Crippen molar-refractivity contribution in [3.63, 3.8) is 0 Å². The molecule has 0 saturated carbocycles. The largest absolute Gasteiger partial charge is 0.481 e. The quantitative estimate of drug-likeness (QED) is 0.369.